The van der Waals surface area contributed by atoms with Crippen LogP contribution in [0.4, 0.5) is 4.39 Å². The van der Waals surface area contributed by atoms with Crippen molar-refractivity contribution in [3.63, 3.8) is 0 Å². The first-order valence-corrected chi connectivity index (χ1v) is 8.20. The van der Waals surface area contributed by atoms with Crippen LogP contribution in [0.3, 0.4) is 0 Å². The third-order valence-corrected chi connectivity index (χ3v) is 3.72. The maximum atomic E-state index is 13.3. The van der Waals surface area contributed by atoms with Gasteiger partial charge in [0.15, 0.2) is 11.8 Å². The van der Waals surface area contributed by atoms with Gasteiger partial charge in [-0.2, -0.15) is 0 Å². The van der Waals surface area contributed by atoms with Crippen molar-refractivity contribution in [2.24, 2.45) is 12.0 Å². The van der Waals surface area contributed by atoms with Gasteiger partial charge in [-0.05, 0) is 31.0 Å². The second kappa shape index (κ2) is 9.73. The van der Waals surface area contributed by atoms with Crippen LogP contribution >= 0.6 is 0 Å². The summed E-state index contributed by atoms with van der Waals surface area (Å²) in [6.45, 7) is 4.18. The molecule has 0 saturated carbocycles. The number of benzene rings is 1. The number of nitrogens with one attached hydrogen (secondary N) is 2. The summed E-state index contributed by atoms with van der Waals surface area (Å²) in [6.07, 6.45) is 0.861. The number of methoxy groups -OCH3 is 1. The van der Waals surface area contributed by atoms with E-state index >= 15 is 0 Å². The molecule has 0 fully saturated rings. The molecular formula is C17H25FN6O. The van der Waals surface area contributed by atoms with Gasteiger partial charge in [-0.1, -0.05) is 12.1 Å². The Balaban J connectivity index is 1.98. The van der Waals surface area contributed by atoms with Crippen LogP contribution < -0.4 is 10.6 Å². The van der Waals surface area contributed by atoms with Gasteiger partial charge < -0.3 is 19.9 Å². The molecule has 2 N–H and O–H groups in total. The molecule has 0 aliphatic carbocycles. The lowest BCUT2D eigenvalue weighted by atomic mass is 10.2. The number of aryl methyl sites for hydroxylation is 1. The monoisotopic (exact) mass is 348 g/mol. The van der Waals surface area contributed by atoms with Crippen LogP contribution in [0.25, 0.3) is 0 Å². The molecule has 2 rings (SSSR count). The molecule has 0 saturated heterocycles. The summed E-state index contributed by atoms with van der Waals surface area (Å²) in [6, 6.07) is 6.44. The molecule has 1 heterocycles. The maximum Gasteiger partial charge on any atom is 0.191 e. The van der Waals surface area contributed by atoms with Crippen LogP contribution in [-0.2, 0) is 24.9 Å². The zero-order valence-electron chi connectivity index (χ0n) is 14.9. The van der Waals surface area contributed by atoms with Crippen LogP contribution in [0.2, 0.25) is 0 Å². The second-order valence-corrected chi connectivity index (χ2v) is 5.64. The summed E-state index contributed by atoms with van der Waals surface area (Å²) >= 11 is 0. The smallest absolute Gasteiger partial charge is 0.191 e. The van der Waals surface area contributed by atoms with Crippen LogP contribution in [-0.4, -0.2) is 41.0 Å². The Morgan fingerprint density at radius 2 is 2.16 bits per heavy atom. The number of aromatic nitrogens is 3. The molecule has 0 amide bonds. The van der Waals surface area contributed by atoms with Gasteiger partial charge in [0.1, 0.15) is 11.6 Å². The van der Waals surface area contributed by atoms with E-state index in [2.05, 4.69) is 25.8 Å². The Bertz CT molecular complexity index is 700. The Morgan fingerprint density at radius 3 is 2.84 bits per heavy atom. The minimum absolute atomic E-state index is 0.259. The largest absolute Gasteiger partial charge is 0.385 e. The number of aliphatic imine (C=N–C) groups is 1. The van der Waals surface area contributed by atoms with E-state index in [1.54, 1.807) is 13.2 Å². The first-order valence-electron chi connectivity index (χ1n) is 8.20. The van der Waals surface area contributed by atoms with Crippen LogP contribution in [0.1, 0.15) is 23.6 Å². The predicted octanol–water partition coefficient (Wildman–Crippen LogP) is 1.53. The first kappa shape index (κ1) is 18.9. The van der Waals surface area contributed by atoms with Gasteiger partial charge in [0.05, 0.1) is 13.1 Å². The average Bonchev–Trinajstić information content (AvgIpc) is 2.92. The standard InChI is InChI=1S/C17H25FN6O/c1-13-22-23-16(24(13)2)12-21-17(19-8-5-9-25-3)20-11-14-6-4-7-15(18)10-14/h4,6-7,10H,5,8-9,11-12H2,1-3H3,(H2,19,20,21). The number of hydrogen-bond acceptors (Lipinski definition) is 4. The second-order valence-electron chi connectivity index (χ2n) is 5.64. The average molecular weight is 348 g/mol. The predicted molar refractivity (Wildman–Crippen MR) is 94.6 cm³/mol. The van der Waals surface area contributed by atoms with E-state index < -0.39 is 0 Å². The molecule has 136 valence electrons. The number of rotatable bonds is 8. The summed E-state index contributed by atoms with van der Waals surface area (Å²) in [4.78, 5) is 4.51. The van der Waals surface area contributed by atoms with Crippen molar-refractivity contribution in [3.8, 4) is 0 Å². The summed E-state index contributed by atoms with van der Waals surface area (Å²) in [5, 5.41) is 14.6. The van der Waals surface area contributed by atoms with Gasteiger partial charge in [0.25, 0.3) is 0 Å². The third-order valence-electron chi connectivity index (χ3n) is 3.72. The van der Waals surface area contributed by atoms with Gasteiger partial charge in [0, 0.05) is 27.3 Å². The molecule has 0 radical (unpaired) electrons. The molecule has 0 bridgehead atoms. The van der Waals surface area contributed by atoms with Crippen molar-refractivity contribution in [3.05, 3.63) is 47.3 Å². The molecule has 1 aromatic carbocycles. The number of halogens is 1. The van der Waals surface area contributed by atoms with Crippen molar-refractivity contribution in [2.75, 3.05) is 20.3 Å². The van der Waals surface area contributed by atoms with E-state index in [0.29, 0.717) is 25.7 Å². The molecule has 0 unspecified atom stereocenters. The highest BCUT2D eigenvalue weighted by molar-refractivity contribution is 5.79. The van der Waals surface area contributed by atoms with E-state index in [4.69, 9.17) is 4.74 Å². The minimum Gasteiger partial charge on any atom is -0.385 e. The zero-order valence-corrected chi connectivity index (χ0v) is 14.9. The molecule has 0 aliphatic rings. The number of nitrogens with zero attached hydrogens (tertiary/aromatic N) is 4. The van der Waals surface area contributed by atoms with E-state index in [9.17, 15) is 4.39 Å². The van der Waals surface area contributed by atoms with Crippen LogP contribution in [0, 0.1) is 12.7 Å². The molecule has 0 spiro atoms. The topological polar surface area (TPSA) is 76.4 Å². The first-order chi connectivity index (χ1) is 12.1. The fourth-order valence-electron chi connectivity index (χ4n) is 2.17. The Morgan fingerprint density at radius 1 is 1.32 bits per heavy atom. The number of hydrogen-bond donors (Lipinski definition) is 2. The normalized spacial score (nSPS) is 11.6. The molecular weight excluding hydrogens is 323 g/mol. The van der Waals surface area contributed by atoms with Crippen molar-refractivity contribution in [1.29, 1.82) is 0 Å². The van der Waals surface area contributed by atoms with Gasteiger partial charge in [-0.25, -0.2) is 9.38 Å². The maximum absolute atomic E-state index is 13.3. The highest BCUT2D eigenvalue weighted by Gasteiger charge is 2.06. The molecule has 8 heteroatoms. The Kier molecular flexibility index (Phi) is 7.34. The molecule has 7 nitrogen and oxygen atoms in total. The fourth-order valence-corrected chi connectivity index (χ4v) is 2.17. The number of ether oxygens (including phenoxy) is 1. The van der Waals surface area contributed by atoms with Crippen molar-refractivity contribution in [1.82, 2.24) is 25.4 Å². The highest BCUT2D eigenvalue weighted by atomic mass is 19.1. The van der Waals surface area contributed by atoms with E-state index in [1.807, 2.05) is 24.6 Å². The van der Waals surface area contributed by atoms with Gasteiger partial charge >= 0.3 is 0 Å². The van der Waals surface area contributed by atoms with E-state index in [0.717, 1.165) is 30.2 Å². The summed E-state index contributed by atoms with van der Waals surface area (Å²) in [5.41, 5.74) is 0.812. The van der Waals surface area contributed by atoms with Crippen molar-refractivity contribution < 1.29 is 9.13 Å². The molecule has 25 heavy (non-hydrogen) atoms. The summed E-state index contributed by atoms with van der Waals surface area (Å²) < 4.78 is 20.3. The molecule has 0 atom stereocenters. The summed E-state index contributed by atoms with van der Waals surface area (Å²) in [7, 11) is 3.59. The van der Waals surface area contributed by atoms with Gasteiger partial charge in [0.2, 0.25) is 0 Å². The third kappa shape index (κ3) is 6.15. The summed E-state index contributed by atoms with van der Waals surface area (Å²) in [5.74, 6) is 2.04. The number of guanidine groups is 1. The zero-order chi connectivity index (χ0) is 18.1. The van der Waals surface area contributed by atoms with E-state index in [1.165, 1.54) is 12.1 Å². The lowest BCUT2D eigenvalue weighted by Crippen LogP contribution is -2.38. The van der Waals surface area contributed by atoms with Crippen LogP contribution in [0.5, 0.6) is 0 Å². The SMILES string of the molecule is COCCCNC(=NCc1cccc(F)c1)NCc1nnc(C)n1C. The van der Waals surface area contributed by atoms with Gasteiger partial charge in [-0.15, -0.1) is 10.2 Å². The van der Waals surface area contributed by atoms with Crippen molar-refractivity contribution in [2.45, 2.75) is 26.4 Å². The quantitative estimate of drug-likeness (QED) is 0.430. The van der Waals surface area contributed by atoms with Crippen molar-refractivity contribution >= 4 is 5.96 Å². The molecule has 0 aliphatic heterocycles. The minimum atomic E-state index is -0.259. The lowest BCUT2D eigenvalue weighted by molar-refractivity contribution is 0.195. The molecule has 1 aromatic heterocycles. The molecule has 2 aromatic rings. The highest BCUT2D eigenvalue weighted by Crippen LogP contribution is 2.04. The Labute approximate surface area is 147 Å². The van der Waals surface area contributed by atoms with E-state index in [-0.39, 0.29) is 5.82 Å². The van der Waals surface area contributed by atoms with Gasteiger partial charge in [-0.3, -0.25) is 0 Å². The fraction of sp³-hybridized carbons (Fsp3) is 0.471. The Hall–Kier alpha value is -2.48. The van der Waals surface area contributed by atoms with Crippen LogP contribution in [0.15, 0.2) is 29.3 Å². The lowest BCUT2D eigenvalue weighted by Gasteiger charge is -2.12.